The lowest BCUT2D eigenvalue weighted by molar-refractivity contribution is 0.0847. The van der Waals surface area contributed by atoms with E-state index in [1.807, 2.05) is 18.2 Å². The molecular formula is C24H31NO4. The average Bonchev–Trinajstić information content (AvgIpc) is 2.95. The number of fused-ring (bicyclic) bond motifs is 1. The van der Waals surface area contributed by atoms with Gasteiger partial charge in [0.05, 0.1) is 13.2 Å². The van der Waals surface area contributed by atoms with Crippen LogP contribution in [0.1, 0.15) is 54.9 Å². The fourth-order valence-corrected chi connectivity index (χ4v) is 4.60. The highest BCUT2D eigenvalue weighted by molar-refractivity contribution is 5.42. The van der Waals surface area contributed by atoms with Crippen molar-refractivity contribution in [3.63, 3.8) is 0 Å². The molecule has 0 bridgehead atoms. The first-order chi connectivity index (χ1) is 14.1. The van der Waals surface area contributed by atoms with Gasteiger partial charge in [-0.05, 0) is 54.2 Å². The summed E-state index contributed by atoms with van der Waals surface area (Å²) in [6.07, 6.45) is 5.56. The Kier molecular flexibility index (Phi) is 6.26. The Morgan fingerprint density at radius 2 is 1.97 bits per heavy atom. The highest BCUT2D eigenvalue weighted by Gasteiger charge is 2.25. The van der Waals surface area contributed by atoms with Crippen molar-refractivity contribution in [2.75, 3.05) is 20.3 Å². The van der Waals surface area contributed by atoms with Crippen LogP contribution in [0.15, 0.2) is 36.4 Å². The maximum absolute atomic E-state index is 10.9. The number of methoxy groups -OCH3 is 1. The normalized spacial score (nSPS) is 19.1. The quantitative estimate of drug-likeness (QED) is 0.783. The topological polar surface area (TPSA) is 62.2 Å². The van der Waals surface area contributed by atoms with Gasteiger partial charge in [0, 0.05) is 25.2 Å². The van der Waals surface area contributed by atoms with Gasteiger partial charge in [-0.3, -0.25) is 4.90 Å². The first-order valence-electron chi connectivity index (χ1n) is 10.7. The molecule has 1 atom stereocenters. The zero-order valence-electron chi connectivity index (χ0n) is 17.1. The first-order valence-corrected chi connectivity index (χ1v) is 10.7. The molecule has 4 rings (SSSR count). The van der Waals surface area contributed by atoms with Crippen LogP contribution in [-0.2, 0) is 13.1 Å². The van der Waals surface area contributed by atoms with Crippen LogP contribution >= 0.6 is 0 Å². The minimum Gasteiger partial charge on any atom is -0.504 e. The van der Waals surface area contributed by atoms with Gasteiger partial charge in [0.2, 0.25) is 0 Å². The molecule has 0 radical (unpaired) electrons. The molecular weight excluding hydrogens is 366 g/mol. The lowest BCUT2D eigenvalue weighted by Crippen LogP contribution is -2.25. The SMILES string of the molecule is COc1ccc(CN2CCOc3ccc([C@H](O)C4CCCCC4)cc3C2)cc1O. The van der Waals surface area contributed by atoms with Crippen LogP contribution in [0.25, 0.3) is 0 Å². The predicted molar refractivity (Wildman–Crippen MR) is 112 cm³/mol. The molecule has 0 unspecified atom stereocenters. The maximum Gasteiger partial charge on any atom is 0.160 e. The van der Waals surface area contributed by atoms with Crippen LogP contribution in [0.5, 0.6) is 17.2 Å². The molecule has 1 saturated carbocycles. The van der Waals surface area contributed by atoms with Gasteiger partial charge in [-0.25, -0.2) is 0 Å². The van der Waals surface area contributed by atoms with Crippen molar-refractivity contribution in [2.24, 2.45) is 5.92 Å². The van der Waals surface area contributed by atoms with E-state index in [0.29, 0.717) is 18.3 Å². The molecule has 2 aromatic carbocycles. The molecule has 1 fully saturated rings. The Hall–Kier alpha value is -2.24. The molecule has 0 spiro atoms. The molecule has 5 heteroatoms. The summed E-state index contributed by atoms with van der Waals surface area (Å²) < 4.78 is 11.1. The second-order valence-corrected chi connectivity index (χ2v) is 8.28. The minimum absolute atomic E-state index is 0.161. The molecule has 2 aromatic rings. The fourth-order valence-electron chi connectivity index (χ4n) is 4.60. The van der Waals surface area contributed by atoms with Gasteiger partial charge >= 0.3 is 0 Å². The zero-order valence-corrected chi connectivity index (χ0v) is 17.1. The second kappa shape index (κ2) is 9.06. The Bertz CT molecular complexity index is 832. The monoisotopic (exact) mass is 397 g/mol. The number of hydrogen-bond donors (Lipinski definition) is 2. The van der Waals surface area contributed by atoms with Crippen molar-refractivity contribution >= 4 is 0 Å². The summed E-state index contributed by atoms with van der Waals surface area (Å²) in [4.78, 5) is 2.31. The summed E-state index contributed by atoms with van der Waals surface area (Å²) in [5.41, 5.74) is 3.15. The Morgan fingerprint density at radius 3 is 2.72 bits per heavy atom. The van der Waals surface area contributed by atoms with E-state index in [4.69, 9.17) is 9.47 Å². The molecule has 1 aliphatic heterocycles. The van der Waals surface area contributed by atoms with E-state index in [2.05, 4.69) is 11.0 Å². The number of benzene rings is 2. The number of hydrogen-bond acceptors (Lipinski definition) is 5. The highest BCUT2D eigenvalue weighted by atomic mass is 16.5. The van der Waals surface area contributed by atoms with Crippen molar-refractivity contribution in [2.45, 2.75) is 51.3 Å². The summed E-state index contributed by atoms with van der Waals surface area (Å²) in [7, 11) is 1.55. The van der Waals surface area contributed by atoms with Gasteiger partial charge in [-0.15, -0.1) is 0 Å². The zero-order chi connectivity index (χ0) is 20.2. The van der Waals surface area contributed by atoms with Crippen molar-refractivity contribution in [3.8, 4) is 17.2 Å². The third kappa shape index (κ3) is 4.68. The number of aliphatic hydroxyl groups is 1. The smallest absolute Gasteiger partial charge is 0.160 e. The minimum atomic E-state index is -0.393. The number of nitrogens with zero attached hydrogens (tertiary/aromatic N) is 1. The fraction of sp³-hybridized carbons (Fsp3) is 0.500. The lowest BCUT2D eigenvalue weighted by Gasteiger charge is -2.27. The Balaban J connectivity index is 1.49. The summed E-state index contributed by atoms with van der Waals surface area (Å²) >= 11 is 0. The Morgan fingerprint density at radius 1 is 1.14 bits per heavy atom. The molecule has 0 aromatic heterocycles. The van der Waals surface area contributed by atoms with E-state index in [1.165, 1.54) is 19.3 Å². The van der Waals surface area contributed by atoms with Crippen LogP contribution in [0, 0.1) is 5.92 Å². The maximum atomic E-state index is 10.9. The third-order valence-corrected chi connectivity index (χ3v) is 6.23. The van der Waals surface area contributed by atoms with Gasteiger partial charge in [-0.1, -0.05) is 31.4 Å². The molecule has 1 aliphatic carbocycles. The van der Waals surface area contributed by atoms with Gasteiger partial charge in [0.15, 0.2) is 11.5 Å². The van der Waals surface area contributed by atoms with E-state index in [1.54, 1.807) is 19.2 Å². The van der Waals surface area contributed by atoms with E-state index in [-0.39, 0.29) is 5.75 Å². The highest BCUT2D eigenvalue weighted by Crippen LogP contribution is 2.36. The van der Waals surface area contributed by atoms with Gasteiger partial charge in [0.25, 0.3) is 0 Å². The van der Waals surface area contributed by atoms with Gasteiger partial charge in [0.1, 0.15) is 12.4 Å². The van der Waals surface area contributed by atoms with E-state index in [9.17, 15) is 10.2 Å². The Labute approximate surface area is 172 Å². The molecule has 0 saturated heterocycles. The van der Waals surface area contributed by atoms with E-state index < -0.39 is 6.10 Å². The number of phenols is 1. The van der Waals surface area contributed by atoms with Crippen LogP contribution in [0.2, 0.25) is 0 Å². The van der Waals surface area contributed by atoms with Crippen molar-refractivity contribution in [1.82, 2.24) is 4.90 Å². The summed E-state index contributed by atoms with van der Waals surface area (Å²) in [5, 5.41) is 21.0. The van der Waals surface area contributed by atoms with Crippen molar-refractivity contribution < 1.29 is 19.7 Å². The molecule has 2 aliphatic rings. The van der Waals surface area contributed by atoms with Crippen LogP contribution < -0.4 is 9.47 Å². The molecule has 156 valence electrons. The van der Waals surface area contributed by atoms with Crippen molar-refractivity contribution in [3.05, 3.63) is 53.1 Å². The van der Waals surface area contributed by atoms with Gasteiger partial charge in [-0.2, -0.15) is 0 Å². The van der Waals surface area contributed by atoms with Gasteiger partial charge < -0.3 is 19.7 Å². The van der Waals surface area contributed by atoms with Crippen LogP contribution in [-0.4, -0.2) is 35.4 Å². The largest absolute Gasteiger partial charge is 0.504 e. The number of phenolic OH excluding ortho intramolecular Hbond substituents is 1. The summed E-state index contributed by atoms with van der Waals surface area (Å²) in [6.45, 7) is 2.91. The second-order valence-electron chi connectivity index (χ2n) is 8.28. The number of aliphatic hydroxyl groups excluding tert-OH is 1. The van der Waals surface area contributed by atoms with E-state index in [0.717, 1.165) is 54.9 Å². The van der Waals surface area contributed by atoms with Crippen LogP contribution in [0.3, 0.4) is 0 Å². The lowest BCUT2D eigenvalue weighted by atomic mass is 9.82. The summed E-state index contributed by atoms with van der Waals surface area (Å²) in [6, 6.07) is 11.7. The van der Waals surface area contributed by atoms with E-state index >= 15 is 0 Å². The predicted octanol–water partition coefficient (Wildman–Crippen LogP) is 4.41. The standard InChI is InChI=1S/C24H31NO4/c1-28-23-9-7-17(13-21(23)26)15-25-11-12-29-22-10-8-19(14-20(22)16-25)24(27)18-5-3-2-4-6-18/h7-10,13-14,18,24,26-27H,2-6,11-12,15-16H2,1H3/t24-/m1/s1. The number of rotatable bonds is 5. The van der Waals surface area contributed by atoms with Crippen molar-refractivity contribution in [1.29, 1.82) is 0 Å². The first kappa shape index (κ1) is 20.0. The third-order valence-electron chi connectivity index (χ3n) is 6.23. The molecule has 5 nitrogen and oxygen atoms in total. The number of ether oxygens (including phenoxy) is 2. The average molecular weight is 398 g/mol. The molecule has 29 heavy (non-hydrogen) atoms. The summed E-state index contributed by atoms with van der Waals surface area (Å²) in [5.74, 6) is 1.92. The molecule has 0 amide bonds. The molecule has 1 heterocycles. The molecule has 2 N–H and O–H groups in total. The number of aromatic hydroxyl groups is 1. The van der Waals surface area contributed by atoms with Crippen LogP contribution in [0.4, 0.5) is 0 Å².